The van der Waals surface area contributed by atoms with Crippen LogP contribution in [0.3, 0.4) is 0 Å². The molecule has 1 N–H and O–H groups in total. The highest BCUT2D eigenvalue weighted by Gasteiger charge is 2.33. The van der Waals surface area contributed by atoms with Gasteiger partial charge in [0.15, 0.2) is 5.82 Å². The number of hydrogen-bond donors (Lipinski definition) is 1. The summed E-state index contributed by atoms with van der Waals surface area (Å²) < 4.78 is 43.2. The lowest BCUT2D eigenvalue weighted by Crippen LogP contribution is -2.38. The van der Waals surface area contributed by atoms with E-state index in [1.54, 1.807) is 24.0 Å². The Morgan fingerprint density at radius 3 is 2.64 bits per heavy atom. The van der Waals surface area contributed by atoms with E-state index in [1.165, 1.54) is 6.07 Å². The molecule has 3 rings (SSSR count). The Balaban J connectivity index is 1.59. The van der Waals surface area contributed by atoms with Crippen molar-refractivity contribution in [3.63, 3.8) is 0 Å². The number of aromatic nitrogens is 2. The molecule has 6 nitrogen and oxygen atoms in total. The van der Waals surface area contributed by atoms with E-state index in [4.69, 9.17) is 4.52 Å². The number of nitrogens with one attached hydrogen (secondary N) is 1. The highest BCUT2D eigenvalue weighted by atomic mass is 19.4. The highest BCUT2D eigenvalue weighted by molar-refractivity contribution is 5.91. The molecular weight excluding hydrogens is 337 g/mol. The lowest BCUT2D eigenvalue weighted by Gasteiger charge is -2.32. The molecule has 0 aromatic carbocycles. The van der Waals surface area contributed by atoms with E-state index < -0.39 is 11.9 Å². The van der Waals surface area contributed by atoms with Crippen molar-refractivity contribution < 1.29 is 22.5 Å². The standard InChI is InChI=1S/C16H17F3N4O2/c1-10-9-13(22-25-10)21-15(24)11-5-7-23(8-6-11)14-4-2-3-12(20-14)16(17,18)19/h2-4,9,11H,5-8H2,1H3,(H,21,22,24). The molecule has 25 heavy (non-hydrogen) atoms. The summed E-state index contributed by atoms with van der Waals surface area (Å²) in [4.78, 5) is 17.7. The van der Waals surface area contributed by atoms with E-state index in [-0.39, 0.29) is 17.6 Å². The summed E-state index contributed by atoms with van der Waals surface area (Å²) in [7, 11) is 0. The van der Waals surface area contributed by atoms with Crippen LogP contribution in [0.1, 0.15) is 24.3 Å². The van der Waals surface area contributed by atoms with Gasteiger partial charge in [-0.05, 0) is 31.9 Å². The zero-order chi connectivity index (χ0) is 18.0. The minimum atomic E-state index is -4.47. The maximum atomic E-state index is 12.8. The van der Waals surface area contributed by atoms with Crippen LogP contribution < -0.4 is 10.2 Å². The fraction of sp³-hybridized carbons (Fsp3) is 0.438. The van der Waals surface area contributed by atoms with Crippen LogP contribution in [0.2, 0.25) is 0 Å². The van der Waals surface area contributed by atoms with Crippen molar-refractivity contribution >= 4 is 17.5 Å². The number of halogens is 3. The average molecular weight is 354 g/mol. The summed E-state index contributed by atoms with van der Waals surface area (Å²) in [6, 6.07) is 5.47. The molecule has 9 heteroatoms. The molecule has 1 aliphatic rings. The van der Waals surface area contributed by atoms with Crippen molar-refractivity contribution in [2.75, 3.05) is 23.3 Å². The molecule has 0 unspecified atom stereocenters. The van der Waals surface area contributed by atoms with E-state index in [0.717, 1.165) is 6.07 Å². The smallest absolute Gasteiger partial charge is 0.360 e. The molecular formula is C16H17F3N4O2. The number of piperidine rings is 1. The molecule has 0 spiro atoms. The highest BCUT2D eigenvalue weighted by Crippen LogP contribution is 2.30. The third-order valence-electron chi connectivity index (χ3n) is 4.09. The molecule has 134 valence electrons. The summed E-state index contributed by atoms with van der Waals surface area (Å²) >= 11 is 0. The van der Waals surface area contributed by atoms with Crippen LogP contribution in [0, 0.1) is 12.8 Å². The topological polar surface area (TPSA) is 71.3 Å². The quantitative estimate of drug-likeness (QED) is 0.916. The number of anilines is 2. The minimum absolute atomic E-state index is 0.162. The Morgan fingerprint density at radius 1 is 1.32 bits per heavy atom. The number of carbonyl (C=O) groups excluding carboxylic acids is 1. The number of amides is 1. The van der Waals surface area contributed by atoms with Gasteiger partial charge in [-0.1, -0.05) is 11.2 Å². The largest absolute Gasteiger partial charge is 0.433 e. The van der Waals surface area contributed by atoms with Crippen molar-refractivity contribution in [2.24, 2.45) is 5.92 Å². The first-order valence-corrected chi connectivity index (χ1v) is 7.86. The molecule has 2 aromatic heterocycles. The Hall–Kier alpha value is -2.58. The number of rotatable bonds is 3. The van der Waals surface area contributed by atoms with Gasteiger partial charge in [-0.15, -0.1) is 0 Å². The summed E-state index contributed by atoms with van der Waals surface area (Å²) in [5.41, 5.74) is -0.911. The molecule has 0 radical (unpaired) electrons. The number of carbonyl (C=O) groups is 1. The number of hydrogen-bond acceptors (Lipinski definition) is 5. The average Bonchev–Trinajstić information content (AvgIpc) is 2.99. The monoisotopic (exact) mass is 354 g/mol. The second-order valence-electron chi connectivity index (χ2n) is 5.95. The van der Waals surface area contributed by atoms with E-state index in [9.17, 15) is 18.0 Å². The number of pyridine rings is 1. The second-order valence-corrected chi connectivity index (χ2v) is 5.95. The Bertz CT molecular complexity index is 752. The van der Waals surface area contributed by atoms with Crippen LogP contribution in [-0.2, 0) is 11.0 Å². The molecule has 1 amide bonds. The summed E-state index contributed by atoms with van der Waals surface area (Å²) in [5.74, 6) is 0.857. The van der Waals surface area contributed by atoms with E-state index in [1.807, 2.05) is 0 Å². The maximum absolute atomic E-state index is 12.8. The first-order valence-electron chi connectivity index (χ1n) is 7.86. The van der Waals surface area contributed by atoms with Gasteiger partial charge in [0.1, 0.15) is 17.3 Å². The van der Waals surface area contributed by atoms with Crippen molar-refractivity contribution in [1.29, 1.82) is 0 Å². The molecule has 0 bridgehead atoms. The fourth-order valence-corrected chi connectivity index (χ4v) is 2.78. The Kier molecular flexibility index (Phi) is 4.65. The predicted molar refractivity (Wildman–Crippen MR) is 84.0 cm³/mol. The molecule has 1 saturated heterocycles. The Labute approximate surface area is 142 Å². The van der Waals surface area contributed by atoms with Crippen LogP contribution in [0.5, 0.6) is 0 Å². The molecule has 1 aliphatic heterocycles. The van der Waals surface area contributed by atoms with Gasteiger partial charge in [-0.3, -0.25) is 4.79 Å². The van der Waals surface area contributed by atoms with Crippen LogP contribution in [0.15, 0.2) is 28.8 Å². The van der Waals surface area contributed by atoms with Gasteiger partial charge in [-0.2, -0.15) is 13.2 Å². The number of aryl methyl sites for hydroxylation is 1. The zero-order valence-corrected chi connectivity index (χ0v) is 13.5. The minimum Gasteiger partial charge on any atom is -0.360 e. The summed E-state index contributed by atoms with van der Waals surface area (Å²) in [6.45, 7) is 2.65. The van der Waals surface area contributed by atoms with Crippen LogP contribution in [0.4, 0.5) is 24.8 Å². The van der Waals surface area contributed by atoms with Gasteiger partial charge in [0, 0.05) is 25.1 Å². The molecule has 0 saturated carbocycles. The predicted octanol–water partition coefficient (Wildman–Crippen LogP) is 3.25. The van der Waals surface area contributed by atoms with Crippen molar-refractivity contribution in [2.45, 2.75) is 25.9 Å². The molecule has 2 aromatic rings. The maximum Gasteiger partial charge on any atom is 0.433 e. The van der Waals surface area contributed by atoms with Gasteiger partial charge in [-0.25, -0.2) is 4.98 Å². The Morgan fingerprint density at radius 2 is 2.04 bits per heavy atom. The molecule has 0 atom stereocenters. The first kappa shape index (κ1) is 17.2. The van der Waals surface area contributed by atoms with E-state index in [0.29, 0.717) is 37.5 Å². The number of nitrogens with zero attached hydrogens (tertiary/aromatic N) is 3. The van der Waals surface area contributed by atoms with Gasteiger partial charge in [0.2, 0.25) is 5.91 Å². The first-order chi connectivity index (χ1) is 11.8. The molecule has 0 aliphatic carbocycles. The lowest BCUT2D eigenvalue weighted by atomic mass is 9.96. The van der Waals surface area contributed by atoms with E-state index in [2.05, 4.69) is 15.5 Å². The van der Waals surface area contributed by atoms with E-state index >= 15 is 0 Å². The van der Waals surface area contributed by atoms with Crippen LogP contribution in [0.25, 0.3) is 0 Å². The van der Waals surface area contributed by atoms with Crippen molar-refractivity contribution in [3.05, 3.63) is 35.7 Å². The molecule has 3 heterocycles. The van der Waals surface area contributed by atoms with Crippen LogP contribution in [-0.4, -0.2) is 29.1 Å². The number of alkyl halides is 3. The van der Waals surface area contributed by atoms with Crippen LogP contribution >= 0.6 is 0 Å². The van der Waals surface area contributed by atoms with Gasteiger partial charge >= 0.3 is 6.18 Å². The van der Waals surface area contributed by atoms with Crippen molar-refractivity contribution in [1.82, 2.24) is 10.1 Å². The molecule has 1 fully saturated rings. The fourth-order valence-electron chi connectivity index (χ4n) is 2.78. The van der Waals surface area contributed by atoms with Gasteiger partial charge in [0.25, 0.3) is 0 Å². The van der Waals surface area contributed by atoms with Crippen molar-refractivity contribution in [3.8, 4) is 0 Å². The third kappa shape index (κ3) is 4.09. The second kappa shape index (κ2) is 6.73. The van der Waals surface area contributed by atoms with Gasteiger partial charge < -0.3 is 14.7 Å². The third-order valence-corrected chi connectivity index (χ3v) is 4.09. The summed E-state index contributed by atoms with van der Waals surface area (Å²) in [5, 5.41) is 6.40. The normalized spacial score (nSPS) is 16.1. The SMILES string of the molecule is Cc1cc(NC(=O)C2CCN(c3cccc(C(F)(F)F)n3)CC2)no1. The zero-order valence-electron chi connectivity index (χ0n) is 13.5. The summed E-state index contributed by atoms with van der Waals surface area (Å²) in [6.07, 6.45) is -3.41. The van der Waals surface area contributed by atoms with Gasteiger partial charge in [0.05, 0.1) is 0 Å². The lowest BCUT2D eigenvalue weighted by molar-refractivity contribution is -0.141.